The van der Waals surface area contributed by atoms with E-state index in [1.165, 1.54) is 23.5 Å². The molecule has 0 unspecified atom stereocenters. The van der Waals surface area contributed by atoms with Crippen LogP contribution in [0.1, 0.15) is 20.9 Å². The van der Waals surface area contributed by atoms with Crippen LogP contribution in [0.25, 0.3) is 10.6 Å². The fourth-order valence-electron chi connectivity index (χ4n) is 2.47. The highest BCUT2D eigenvalue weighted by atomic mass is 32.2. The fraction of sp³-hybridized carbons (Fsp3) is 0.167. The number of nitrogens with two attached hydrogens (primary N) is 1. The van der Waals surface area contributed by atoms with Crippen molar-refractivity contribution < 1.29 is 13.2 Å². The lowest BCUT2D eigenvalue weighted by molar-refractivity contribution is 0.0957. The molecule has 0 saturated heterocycles. The smallest absolute Gasteiger partial charge is 0.263 e. The molecule has 1 amide bonds. The minimum Gasteiger partial charge on any atom is -0.351 e. The number of pyridine rings is 1. The standard InChI is InChI=1S/C18H18N4O3S2/c1-12-16(26-18(22-12)14-3-2-9-20-11-14)17(23)21-10-8-13-4-6-15(7-5-13)27(19,24)25/h2-7,9,11H,8,10H2,1H3,(H,21,23)(H2,19,24,25). The van der Waals surface area contributed by atoms with Gasteiger partial charge in [0, 0.05) is 24.5 Å². The lowest BCUT2D eigenvalue weighted by atomic mass is 10.1. The Bertz CT molecular complexity index is 1050. The summed E-state index contributed by atoms with van der Waals surface area (Å²) in [6.07, 6.45) is 3.97. The molecule has 0 bridgehead atoms. The molecule has 0 atom stereocenters. The van der Waals surface area contributed by atoms with Crippen molar-refractivity contribution in [3.05, 3.63) is 64.9 Å². The van der Waals surface area contributed by atoms with Crippen LogP contribution >= 0.6 is 11.3 Å². The molecule has 0 saturated carbocycles. The molecule has 2 aromatic heterocycles. The normalized spacial score (nSPS) is 11.3. The Labute approximate surface area is 161 Å². The maximum absolute atomic E-state index is 12.4. The minimum absolute atomic E-state index is 0.0681. The lowest BCUT2D eigenvalue weighted by Gasteiger charge is -2.05. The third kappa shape index (κ3) is 4.76. The Kier molecular flexibility index (Phi) is 5.64. The average Bonchev–Trinajstić information content (AvgIpc) is 3.04. The molecule has 9 heteroatoms. The van der Waals surface area contributed by atoms with Crippen LogP contribution < -0.4 is 10.5 Å². The number of hydrogen-bond acceptors (Lipinski definition) is 6. The van der Waals surface area contributed by atoms with Gasteiger partial charge in [-0.2, -0.15) is 0 Å². The first-order chi connectivity index (χ1) is 12.8. The number of hydrogen-bond donors (Lipinski definition) is 2. The van der Waals surface area contributed by atoms with Gasteiger partial charge in [0.1, 0.15) is 9.88 Å². The first-order valence-electron chi connectivity index (χ1n) is 8.12. The van der Waals surface area contributed by atoms with Gasteiger partial charge in [-0.05, 0) is 43.2 Å². The third-order valence-electron chi connectivity index (χ3n) is 3.86. The van der Waals surface area contributed by atoms with Gasteiger partial charge < -0.3 is 5.32 Å². The Morgan fingerprint density at radius 2 is 1.96 bits per heavy atom. The second-order valence-corrected chi connectivity index (χ2v) is 8.43. The molecular formula is C18H18N4O3S2. The zero-order valence-electron chi connectivity index (χ0n) is 14.5. The topological polar surface area (TPSA) is 115 Å². The number of benzene rings is 1. The van der Waals surface area contributed by atoms with Crippen LogP contribution in [0.15, 0.2) is 53.7 Å². The van der Waals surface area contributed by atoms with Gasteiger partial charge in [-0.1, -0.05) is 12.1 Å². The van der Waals surface area contributed by atoms with Gasteiger partial charge in [-0.25, -0.2) is 18.5 Å². The molecule has 140 valence electrons. The van der Waals surface area contributed by atoms with Crippen LogP contribution in [0.2, 0.25) is 0 Å². The average molecular weight is 403 g/mol. The lowest BCUT2D eigenvalue weighted by Crippen LogP contribution is -2.25. The highest BCUT2D eigenvalue weighted by Gasteiger charge is 2.16. The zero-order chi connectivity index (χ0) is 19.4. The van der Waals surface area contributed by atoms with Gasteiger partial charge in [-0.3, -0.25) is 9.78 Å². The third-order valence-corrected chi connectivity index (χ3v) is 6.00. The molecule has 0 aliphatic rings. The molecule has 2 heterocycles. The Morgan fingerprint density at radius 3 is 2.59 bits per heavy atom. The summed E-state index contributed by atoms with van der Waals surface area (Å²) in [5.41, 5.74) is 2.45. The number of rotatable bonds is 6. The maximum atomic E-state index is 12.4. The molecule has 3 N–H and O–H groups in total. The van der Waals surface area contributed by atoms with Crippen LogP contribution in [0, 0.1) is 6.92 Å². The molecular weight excluding hydrogens is 384 g/mol. The van der Waals surface area contributed by atoms with Gasteiger partial charge in [-0.15, -0.1) is 11.3 Å². The van der Waals surface area contributed by atoms with Gasteiger partial charge in [0.15, 0.2) is 0 Å². The van der Waals surface area contributed by atoms with E-state index >= 15 is 0 Å². The zero-order valence-corrected chi connectivity index (χ0v) is 16.2. The van der Waals surface area contributed by atoms with Crippen LogP contribution in [-0.4, -0.2) is 30.8 Å². The first kappa shape index (κ1) is 19.2. The van der Waals surface area contributed by atoms with Crippen LogP contribution in [0.5, 0.6) is 0 Å². The van der Waals surface area contributed by atoms with Crippen molar-refractivity contribution in [1.82, 2.24) is 15.3 Å². The summed E-state index contributed by atoms with van der Waals surface area (Å²) in [6, 6.07) is 10.0. The van der Waals surface area contributed by atoms with E-state index in [9.17, 15) is 13.2 Å². The minimum atomic E-state index is -3.69. The van der Waals surface area contributed by atoms with Crippen LogP contribution in [0.3, 0.4) is 0 Å². The number of nitrogens with zero attached hydrogens (tertiary/aromatic N) is 2. The molecule has 3 rings (SSSR count). The Balaban J connectivity index is 1.61. The summed E-state index contributed by atoms with van der Waals surface area (Å²) in [7, 11) is -3.69. The van der Waals surface area contributed by atoms with Gasteiger partial charge in [0.05, 0.1) is 10.6 Å². The molecule has 0 fully saturated rings. The maximum Gasteiger partial charge on any atom is 0.263 e. The van der Waals surface area contributed by atoms with Gasteiger partial charge in [0.2, 0.25) is 10.0 Å². The fourth-order valence-corrected chi connectivity index (χ4v) is 3.95. The number of thiazole rings is 1. The van der Waals surface area contributed by atoms with Crippen molar-refractivity contribution >= 4 is 27.3 Å². The number of amides is 1. The Hall–Kier alpha value is -2.62. The molecule has 0 aliphatic heterocycles. The van der Waals surface area contributed by atoms with E-state index in [4.69, 9.17) is 5.14 Å². The van der Waals surface area contributed by atoms with Crippen molar-refractivity contribution in [2.45, 2.75) is 18.2 Å². The summed E-state index contributed by atoms with van der Waals surface area (Å²) < 4.78 is 22.5. The quantitative estimate of drug-likeness (QED) is 0.655. The number of aryl methyl sites for hydroxylation is 1. The number of primary sulfonamides is 1. The molecule has 3 aromatic rings. The van der Waals surface area contributed by atoms with Crippen molar-refractivity contribution in [2.75, 3.05) is 6.54 Å². The van der Waals surface area contributed by atoms with Crippen molar-refractivity contribution in [1.29, 1.82) is 0 Å². The van der Waals surface area contributed by atoms with Crippen molar-refractivity contribution in [3.63, 3.8) is 0 Å². The predicted octanol–water partition coefficient (Wildman–Crippen LogP) is 2.13. The second kappa shape index (κ2) is 7.95. The number of aromatic nitrogens is 2. The van der Waals surface area contributed by atoms with Gasteiger partial charge in [0.25, 0.3) is 5.91 Å². The first-order valence-corrected chi connectivity index (χ1v) is 10.5. The largest absolute Gasteiger partial charge is 0.351 e. The van der Waals surface area contributed by atoms with E-state index in [0.717, 1.165) is 16.1 Å². The molecule has 27 heavy (non-hydrogen) atoms. The summed E-state index contributed by atoms with van der Waals surface area (Å²) in [5, 5.41) is 8.70. The number of nitrogens with one attached hydrogen (secondary N) is 1. The summed E-state index contributed by atoms with van der Waals surface area (Å²) in [4.78, 5) is 21.6. The summed E-state index contributed by atoms with van der Waals surface area (Å²) in [5.74, 6) is -0.179. The second-order valence-electron chi connectivity index (χ2n) is 5.87. The molecule has 0 aliphatic carbocycles. The highest BCUT2D eigenvalue weighted by Crippen LogP contribution is 2.27. The SMILES string of the molecule is Cc1nc(-c2cccnc2)sc1C(=O)NCCc1ccc(S(N)(=O)=O)cc1. The van der Waals surface area contributed by atoms with Crippen molar-refractivity contribution in [3.8, 4) is 10.6 Å². The van der Waals surface area contributed by atoms with E-state index < -0.39 is 10.0 Å². The predicted molar refractivity (Wildman–Crippen MR) is 104 cm³/mol. The summed E-state index contributed by atoms with van der Waals surface area (Å²) >= 11 is 1.33. The molecule has 1 aromatic carbocycles. The van der Waals surface area contributed by atoms with Crippen LogP contribution in [0.4, 0.5) is 0 Å². The van der Waals surface area contributed by atoms with Crippen LogP contribution in [-0.2, 0) is 16.4 Å². The summed E-state index contributed by atoms with van der Waals surface area (Å²) in [6.45, 7) is 2.23. The number of carbonyl (C=O) groups excluding carboxylic acids is 1. The van der Waals surface area contributed by atoms with Crippen molar-refractivity contribution in [2.24, 2.45) is 5.14 Å². The van der Waals surface area contributed by atoms with E-state index in [1.807, 2.05) is 12.1 Å². The monoisotopic (exact) mass is 402 g/mol. The van der Waals surface area contributed by atoms with Gasteiger partial charge >= 0.3 is 0 Å². The highest BCUT2D eigenvalue weighted by molar-refractivity contribution is 7.89. The number of sulfonamides is 1. The molecule has 0 radical (unpaired) electrons. The Morgan fingerprint density at radius 1 is 1.22 bits per heavy atom. The van der Waals surface area contributed by atoms with E-state index in [-0.39, 0.29) is 10.8 Å². The molecule has 7 nitrogen and oxygen atoms in total. The van der Waals surface area contributed by atoms with E-state index in [2.05, 4.69) is 15.3 Å². The van der Waals surface area contributed by atoms with E-state index in [0.29, 0.717) is 23.5 Å². The molecule has 0 spiro atoms. The number of carbonyl (C=O) groups is 1. The van der Waals surface area contributed by atoms with E-state index in [1.54, 1.807) is 31.5 Å².